The monoisotopic (exact) mass is 289 g/mol. The Morgan fingerprint density at radius 3 is 2.68 bits per heavy atom. The van der Waals surface area contributed by atoms with Gasteiger partial charge in [0.1, 0.15) is 0 Å². The zero-order valence-electron chi connectivity index (χ0n) is 12.4. The summed E-state index contributed by atoms with van der Waals surface area (Å²) in [6, 6.07) is 0.266. The van der Waals surface area contributed by atoms with Crippen LogP contribution < -0.4 is 10.6 Å². The van der Waals surface area contributed by atoms with Gasteiger partial charge in [0.05, 0.1) is 6.54 Å². The fraction of sp³-hybridized carbons (Fsp3) is 0.929. The quantitative estimate of drug-likeness (QED) is 0.819. The topological polar surface area (TPSA) is 44.4 Å². The molecule has 112 valence electrons. The summed E-state index contributed by atoms with van der Waals surface area (Å²) in [4.78, 5) is 14.3. The molecule has 2 rings (SSSR count). The van der Waals surface area contributed by atoms with Crippen molar-refractivity contribution in [2.45, 2.75) is 39.7 Å². The molecule has 0 aromatic carbocycles. The highest BCUT2D eigenvalue weighted by Crippen LogP contribution is 2.35. The zero-order chi connectivity index (χ0) is 13.2. The van der Waals surface area contributed by atoms with Crippen LogP contribution in [0.15, 0.2) is 0 Å². The lowest BCUT2D eigenvalue weighted by atomic mass is 9.87. The number of rotatable bonds is 4. The second-order valence-electron chi connectivity index (χ2n) is 6.49. The number of amides is 1. The van der Waals surface area contributed by atoms with E-state index in [4.69, 9.17) is 0 Å². The number of nitrogens with zero attached hydrogens (tertiary/aromatic N) is 1. The molecule has 2 N–H and O–H groups in total. The van der Waals surface area contributed by atoms with E-state index in [9.17, 15) is 4.79 Å². The number of carbonyl (C=O) groups excluding carboxylic acids is 1. The summed E-state index contributed by atoms with van der Waals surface area (Å²) >= 11 is 0. The molecule has 2 saturated heterocycles. The van der Waals surface area contributed by atoms with E-state index in [1.54, 1.807) is 0 Å². The average molecular weight is 290 g/mol. The van der Waals surface area contributed by atoms with Gasteiger partial charge in [0.25, 0.3) is 0 Å². The smallest absolute Gasteiger partial charge is 0.234 e. The van der Waals surface area contributed by atoms with Gasteiger partial charge in [-0.1, -0.05) is 13.8 Å². The van der Waals surface area contributed by atoms with Crippen LogP contribution in [0.1, 0.15) is 33.6 Å². The van der Waals surface area contributed by atoms with E-state index in [1.165, 1.54) is 12.8 Å². The van der Waals surface area contributed by atoms with Gasteiger partial charge in [-0.15, -0.1) is 12.4 Å². The average Bonchev–Trinajstić information content (AvgIpc) is 2.90. The Morgan fingerprint density at radius 1 is 1.37 bits per heavy atom. The van der Waals surface area contributed by atoms with Gasteiger partial charge in [-0.25, -0.2) is 0 Å². The summed E-state index contributed by atoms with van der Waals surface area (Å²) in [5, 5.41) is 6.54. The summed E-state index contributed by atoms with van der Waals surface area (Å²) in [6.45, 7) is 11.4. The van der Waals surface area contributed by atoms with Crippen molar-refractivity contribution in [2.75, 3.05) is 32.7 Å². The van der Waals surface area contributed by atoms with Gasteiger partial charge in [0.15, 0.2) is 0 Å². The molecule has 0 aromatic heterocycles. The Balaban J connectivity index is 0.00000180. The molecule has 0 aromatic rings. The summed E-state index contributed by atoms with van der Waals surface area (Å²) in [7, 11) is 0. The maximum Gasteiger partial charge on any atom is 0.234 e. The zero-order valence-corrected chi connectivity index (χ0v) is 13.2. The van der Waals surface area contributed by atoms with E-state index >= 15 is 0 Å². The van der Waals surface area contributed by atoms with Crippen molar-refractivity contribution in [2.24, 2.45) is 11.3 Å². The molecule has 0 bridgehead atoms. The minimum Gasteiger partial charge on any atom is -0.352 e. The molecule has 0 radical (unpaired) electrons. The third-order valence-electron chi connectivity index (χ3n) is 4.61. The second-order valence-corrected chi connectivity index (χ2v) is 6.49. The van der Waals surface area contributed by atoms with Crippen molar-refractivity contribution in [3.05, 3.63) is 0 Å². The molecule has 2 aliphatic rings. The fourth-order valence-corrected chi connectivity index (χ4v) is 2.98. The van der Waals surface area contributed by atoms with E-state index < -0.39 is 0 Å². The summed E-state index contributed by atoms with van der Waals surface area (Å²) in [5.74, 6) is 0.678. The number of hydrogen-bond donors (Lipinski definition) is 2. The third kappa shape index (κ3) is 4.33. The Labute approximate surface area is 123 Å². The van der Waals surface area contributed by atoms with E-state index in [-0.39, 0.29) is 24.4 Å². The predicted octanol–water partition coefficient (Wildman–Crippen LogP) is 1.25. The summed E-state index contributed by atoms with van der Waals surface area (Å²) < 4.78 is 0. The van der Waals surface area contributed by atoms with Gasteiger partial charge in [-0.05, 0) is 44.2 Å². The SMILES string of the molecule is CC(C)C(C)NC(=O)CN1CCC2(CCNC2)C1.Cl. The highest BCUT2D eigenvalue weighted by Gasteiger charge is 2.40. The molecule has 1 amide bonds. The molecule has 19 heavy (non-hydrogen) atoms. The summed E-state index contributed by atoms with van der Waals surface area (Å²) in [5.41, 5.74) is 0.462. The highest BCUT2D eigenvalue weighted by atomic mass is 35.5. The van der Waals surface area contributed by atoms with E-state index in [1.807, 2.05) is 0 Å². The Morgan fingerprint density at radius 2 is 2.11 bits per heavy atom. The molecule has 2 unspecified atom stereocenters. The van der Waals surface area contributed by atoms with Crippen LogP contribution in [0, 0.1) is 11.3 Å². The first-order valence-corrected chi connectivity index (χ1v) is 7.23. The lowest BCUT2D eigenvalue weighted by Crippen LogP contribution is -2.42. The van der Waals surface area contributed by atoms with Gasteiger partial charge in [0, 0.05) is 19.1 Å². The van der Waals surface area contributed by atoms with E-state index in [0.717, 1.165) is 26.2 Å². The van der Waals surface area contributed by atoms with Gasteiger partial charge < -0.3 is 10.6 Å². The number of nitrogens with one attached hydrogen (secondary N) is 2. The standard InChI is InChI=1S/C14H27N3O.ClH/c1-11(2)12(3)16-13(18)8-17-7-5-14(10-17)4-6-15-9-14;/h11-12,15H,4-10H2,1-3H3,(H,16,18);1H. The molecule has 2 atom stereocenters. The lowest BCUT2D eigenvalue weighted by molar-refractivity contribution is -0.123. The maximum absolute atomic E-state index is 11.9. The van der Waals surface area contributed by atoms with Crippen LogP contribution in [0.4, 0.5) is 0 Å². The van der Waals surface area contributed by atoms with Crippen LogP contribution >= 0.6 is 12.4 Å². The van der Waals surface area contributed by atoms with E-state index in [2.05, 4.69) is 36.3 Å². The molecule has 4 nitrogen and oxygen atoms in total. The Bertz CT molecular complexity index is 303. The van der Waals surface area contributed by atoms with Crippen LogP contribution in [-0.4, -0.2) is 49.6 Å². The number of likely N-dealkylation sites (tertiary alicyclic amines) is 1. The number of halogens is 1. The molecule has 0 aliphatic carbocycles. The Kier molecular flexibility index (Phi) is 6.09. The highest BCUT2D eigenvalue weighted by molar-refractivity contribution is 5.85. The first-order chi connectivity index (χ1) is 8.51. The number of carbonyl (C=O) groups is 1. The van der Waals surface area contributed by atoms with Crippen molar-refractivity contribution in [3.8, 4) is 0 Å². The van der Waals surface area contributed by atoms with Crippen LogP contribution in [0.3, 0.4) is 0 Å². The molecule has 5 heteroatoms. The first-order valence-electron chi connectivity index (χ1n) is 7.23. The third-order valence-corrected chi connectivity index (χ3v) is 4.61. The predicted molar refractivity (Wildman–Crippen MR) is 80.7 cm³/mol. The molecular weight excluding hydrogens is 262 g/mol. The minimum atomic E-state index is 0. The summed E-state index contributed by atoms with van der Waals surface area (Å²) in [6.07, 6.45) is 2.51. The van der Waals surface area contributed by atoms with Crippen LogP contribution in [0.5, 0.6) is 0 Å². The molecule has 1 spiro atoms. The van der Waals surface area contributed by atoms with Crippen LogP contribution in [-0.2, 0) is 4.79 Å². The van der Waals surface area contributed by atoms with Crippen molar-refractivity contribution < 1.29 is 4.79 Å². The van der Waals surface area contributed by atoms with Gasteiger partial charge in [-0.2, -0.15) is 0 Å². The van der Waals surface area contributed by atoms with Crippen molar-refractivity contribution in [3.63, 3.8) is 0 Å². The minimum absolute atomic E-state index is 0. The largest absolute Gasteiger partial charge is 0.352 e. The lowest BCUT2D eigenvalue weighted by Gasteiger charge is -2.23. The van der Waals surface area contributed by atoms with Crippen LogP contribution in [0.2, 0.25) is 0 Å². The normalized spacial score (nSPS) is 28.6. The van der Waals surface area contributed by atoms with Gasteiger partial charge >= 0.3 is 0 Å². The van der Waals surface area contributed by atoms with E-state index in [0.29, 0.717) is 17.9 Å². The Hall–Kier alpha value is -0.320. The first kappa shape index (κ1) is 16.7. The van der Waals surface area contributed by atoms with Crippen molar-refractivity contribution >= 4 is 18.3 Å². The van der Waals surface area contributed by atoms with Gasteiger partial charge in [-0.3, -0.25) is 9.69 Å². The molecule has 2 heterocycles. The van der Waals surface area contributed by atoms with Crippen molar-refractivity contribution in [1.29, 1.82) is 0 Å². The fourth-order valence-electron chi connectivity index (χ4n) is 2.98. The molecule has 0 saturated carbocycles. The van der Waals surface area contributed by atoms with Crippen LogP contribution in [0.25, 0.3) is 0 Å². The maximum atomic E-state index is 11.9. The second kappa shape index (κ2) is 6.91. The molecule has 2 fully saturated rings. The number of hydrogen-bond acceptors (Lipinski definition) is 3. The molecular formula is C14H28ClN3O. The van der Waals surface area contributed by atoms with Gasteiger partial charge in [0.2, 0.25) is 5.91 Å². The van der Waals surface area contributed by atoms with Crippen molar-refractivity contribution in [1.82, 2.24) is 15.5 Å². The molecule has 2 aliphatic heterocycles.